The smallest absolute Gasteiger partial charge is 0.150 e. The summed E-state index contributed by atoms with van der Waals surface area (Å²) in [6, 6.07) is 13.1. The molecule has 0 bridgehead atoms. The minimum atomic E-state index is 0.270. The molecule has 100 valence electrons. The second kappa shape index (κ2) is 7.28. The first-order valence-corrected chi connectivity index (χ1v) is 7.40. The fourth-order valence-electron chi connectivity index (χ4n) is 1.55. The Bertz CT molecular complexity index is 647. The molecular weight excluding hydrogens is 384 g/mol. The van der Waals surface area contributed by atoms with Gasteiger partial charge in [0, 0.05) is 11.1 Å². The van der Waals surface area contributed by atoms with Crippen molar-refractivity contribution >= 4 is 38.1 Å². The molecule has 0 aliphatic rings. The fraction of sp³-hybridized carbons (Fsp3) is 0.0625. The van der Waals surface area contributed by atoms with Crippen LogP contribution in [0.25, 0.3) is 0 Å². The Morgan fingerprint density at radius 1 is 1.10 bits per heavy atom. The van der Waals surface area contributed by atoms with Crippen molar-refractivity contribution in [3.63, 3.8) is 0 Å². The van der Waals surface area contributed by atoms with E-state index in [4.69, 9.17) is 4.74 Å². The third kappa shape index (κ3) is 3.96. The largest absolute Gasteiger partial charge is 0.479 e. The van der Waals surface area contributed by atoms with Crippen LogP contribution in [-0.2, 0) is 0 Å². The second-order valence-electron chi connectivity index (χ2n) is 3.89. The van der Waals surface area contributed by atoms with Crippen molar-refractivity contribution in [1.82, 2.24) is 0 Å². The summed E-state index contributed by atoms with van der Waals surface area (Å²) in [5, 5.41) is 0. The Labute approximate surface area is 134 Å². The normalized spacial score (nSPS) is 9.50. The van der Waals surface area contributed by atoms with Crippen LogP contribution in [0.4, 0.5) is 0 Å². The van der Waals surface area contributed by atoms with Gasteiger partial charge in [-0.1, -0.05) is 30.0 Å². The summed E-state index contributed by atoms with van der Waals surface area (Å²) >= 11 is 6.75. The van der Waals surface area contributed by atoms with Crippen LogP contribution in [0, 0.1) is 11.8 Å². The zero-order chi connectivity index (χ0) is 14.4. The molecule has 2 aromatic rings. The quantitative estimate of drug-likeness (QED) is 0.568. The molecule has 0 fully saturated rings. The summed E-state index contributed by atoms with van der Waals surface area (Å²) in [6.07, 6.45) is 0.786. The molecule has 0 aliphatic heterocycles. The zero-order valence-electron chi connectivity index (χ0n) is 10.4. The van der Waals surface area contributed by atoms with Crippen molar-refractivity contribution in [3.8, 4) is 17.6 Å². The molecule has 2 nitrogen and oxygen atoms in total. The van der Waals surface area contributed by atoms with Gasteiger partial charge in [0.25, 0.3) is 0 Å². The number of hydrogen-bond acceptors (Lipinski definition) is 2. The average molecular weight is 394 g/mol. The Morgan fingerprint density at radius 2 is 1.75 bits per heavy atom. The molecule has 0 unspecified atom stereocenters. The molecule has 0 N–H and O–H groups in total. The van der Waals surface area contributed by atoms with E-state index in [2.05, 4.69) is 43.7 Å². The van der Waals surface area contributed by atoms with Gasteiger partial charge in [-0.2, -0.15) is 0 Å². The first kappa shape index (κ1) is 14.8. The van der Waals surface area contributed by atoms with Crippen LogP contribution in [-0.4, -0.2) is 12.9 Å². The Balaban J connectivity index is 2.05. The van der Waals surface area contributed by atoms with E-state index >= 15 is 0 Å². The van der Waals surface area contributed by atoms with Gasteiger partial charge in [0.2, 0.25) is 0 Å². The number of aldehydes is 1. The molecule has 2 aromatic carbocycles. The van der Waals surface area contributed by atoms with Gasteiger partial charge in [0.1, 0.15) is 18.6 Å². The Hall–Kier alpha value is -1.57. The van der Waals surface area contributed by atoms with Gasteiger partial charge >= 0.3 is 0 Å². The highest BCUT2D eigenvalue weighted by Gasteiger charge is 2.08. The predicted octanol–water partition coefficient (Wildman–Crippen LogP) is 4.45. The Morgan fingerprint density at radius 3 is 2.35 bits per heavy atom. The lowest BCUT2D eigenvalue weighted by Crippen LogP contribution is -1.97. The summed E-state index contributed by atoms with van der Waals surface area (Å²) in [7, 11) is 0. The maximum atomic E-state index is 10.7. The number of carbonyl (C=O) groups is 1. The maximum Gasteiger partial charge on any atom is 0.150 e. The van der Waals surface area contributed by atoms with E-state index in [-0.39, 0.29) is 6.61 Å². The molecule has 0 saturated heterocycles. The molecule has 2 rings (SSSR count). The number of carbonyl (C=O) groups excluding carboxylic acids is 1. The molecule has 0 radical (unpaired) electrons. The lowest BCUT2D eigenvalue weighted by atomic mass is 10.2. The van der Waals surface area contributed by atoms with Crippen molar-refractivity contribution in [3.05, 3.63) is 62.5 Å². The van der Waals surface area contributed by atoms with Gasteiger partial charge in [-0.05, 0) is 56.1 Å². The highest BCUT2D eigenvalue weighted by molar-refractivity contribution is 9.11. The summed E-state index contributed by atoms with van der Waals surface area (Å²) in [4.78, 5) is 10.7. The van der Waals surface area contributed by atoms with Gasteiger partial charge in [-0.15, -0.1) is 0 Å². The van der Waals surface area contributed by atoms with Crippen molar-refractivity contribution < 1.29 is 9.53 Å². The van der Waals surface area contributed by atoms with Crippen LogP contribution in [0.1, 0.15) is 15.9 Å². The van der Waals surface area contributed by atoms with Crippen LogP contribution in [0.2, 0.25) is 0 Å². The SMILES string of the molecule is O=Cc1cc(Br)c(OCC#Cc2ccccc2)c(Br)c1. The fourth-order valence-corrected chi connectivity index (χ4v) is 3.00. The maximum absolute atomic E-state index is 10.7. The highest BCUT2D eigenvalue weighted by Crippen LogP contribution is 2.34. The minimum Gasteiger partial charge on any atom is -0.479 e. The summed E-state index contributed by atoms with van der Waals surface area (Å²) in [6.45, 7) is 0.270. The molecule has 0 saturated carbocycles. The number of hydrogen-bond donors (Lipinski definition) is 0. The molecule has 0 spiro atoms. The van der Waals surface area contributed by atoms with E-state index in [0.29, 0.717) is 11.3 Å². The van der Waals surface area contributed by atoms with Crippen LogP contribution < -0.4 is 4.74 Å². The molecule has 0 heterocycles. The van der Waals surface area contributed by atoms with Crippen LogP contribution in [0.3, 0.4) is 0 Å². The molecular formula is C16H10Br2O2. The van der Waals surface area contributed by atoms with Crippen LogP contribution >= 0.6 is 31.9 Å². The van der Waals surface area contributed by atoms with Crippen molar-refractivity contribution in [1.29, 1.82) is 0 Å². The standard InChI is InChI=1S/C16H10Br2O2/c17-14-9-13(11-19)10-15(18)16(14)20-8-4-7-12-5-2-1-3-6-12/h1-3,5-6,9-11H,8H2. The van der Waals surface area contributed by atoms with Gasteiger partial charge < -0.3 is 4.74 Å². The minimum absolute atomic E-state index is 0.270. The number of rotatable bonds is 3. The first-order chi connectivity index (χ1) is 9.70. The molecule has 0 amide bonds. The first-order valence-electron chi connectivity index (χ1n) is 5.81. The molecule has 0 aromatic heterocycles. The zero-order valence-corrected chi connectivity index (χ0v) is 13.6. The van der Waals surface area contributed by atoms with Gasteiger partial charge in [0.05, 0.1) is 8.95 Å². The topological polar surface area (TPSA) is 26.3 Å². The summed E-state index contributed by atoms with van der Waals surface area (Å²) in [5.74, 6) is 6.60. The average Bonchev–Trinajstić information content (AvgIpc) is 2.46. The summed E-state index contributed by atoms with van der Waals surface area (Å²) < 4.78 is 7.04. The van der Waals surface area contributed by atoms with E-state index in [1.165, 1.54) is 0 Å². The highest BCUT2D eigenvalue weighted by atomic mass is 79.9. The van der Waals surface area contributed by atoms with Crippen molar-refractivity contribution in [2.45, 2.75) is 0 Å². The van der Waals surface area contributed by atoms with Crippen molar-refractivity contribution in [2.75, 3.05) is 6.61 Å². The van der Waals surface area contributed by atoms with E-state index in [9.17, 15) is 4.79 Å². The molecule has 0 atom stereocenters. The van der Waals surface area contributed by atoms with Gasteiger partial charge in [-0.3, -0.25) is 4.79 Å². The second-order valence-corrected chi connectivity index (χ2v) is 5.60. The lowest BCUT2D eigenvalue weighted by molar-refractivity contribution is 0.112. The monoisotopic (exact) mass is 392 g/mol. The van der Waals surface area contributed by atoms with Gasteiger partial charge in [0.15, 0.2) is 0 Å². The lowest BCUT2D eigenvalue weighted by Gasteiger charge is -2.08. The molecule has 4 heteroatoms. The van der Waals surface area contributed by atoms with E-state index in [1.54, 1.807) is 12.1 Å². The number of halogens is 2. The Kier molecular flexibility index (Phi) is 5.40. The third-order valence-electron chi connectivity index (χ3n) is 2.45. The number of ether oxygens (including phenoxy) is 1. The summed E-state index contributed by atoms with van der Waals surface area (Å²) in [5.41, 5.74) is 1.53. The van der Waals surface area contributed by atoms with E-state index < -0.39 is 0 Å². The molecule has 20 heavy (non-hydrogen) atoms. The third-order valence-corrected chi connectivity index (χ3v) is 3.63. The van der Waals surface area contributed by atoms with Crippen LogP contribution in [0.5, 0.6) is 5.75 Å². The molecule has 0 aliphatic carbocycles. The van der Waals surface area contributed by atoms with E-state index in [0.717, 1.165) is 20.8 Å². The number of benzene rings is 2. The van der Waals surface area contributed by atoms with Crippen molar-refractivity contribution in [2.24, 2.45) is 0 Å². The van der Waals surface area contributed by atoms with Gasteiger partial charge in [-0.25, -0.2) is 0 Å². The van der Waals surface area contributed by atoms with Crippen LogP contribution in [0.15, 0.2) is 51.4 Å². The van der Waals surface area contributed by atoms with E-state index in [1.807, 2.05) is 30.3 Å². The predicted molar refractivity (Wildman–Crippen MR) is 86.0 cm³/mol.